The molecule has 0 radical (unpaired) electrons. The molecule has 0 fully saturated rings. The minimum absolute atomic E-state index is 0.151. The lowest BCUT2D eigenvalue weighted by molar-refractivity contribution is 0.102. The van der Waals surface area contributed by atoms with Gasteiger partial charge in [-0.2, -0.15) is 0 Å². The number of hydrogen-bond donors (Lipinski definition) is 2. The molecule has 104 valence electrons. The van der Waals surface area contributed by atoms with Crippen molar-refractivity contribution in [1.29, 1.82) is 0 Å². The predicted octanol–water partition coefficient (Wildman–Crippen LogP) is 3.84. The highest BCUT2D eigenvalue weighted by Gasteiger charge is 2.08. The van der Waals surface area contributed by atoms with Crippen molar-refractivity contribution in [1.82, 2.24) is 4.98 Å². The van der Waals surface area contributed by atoms with Crippen molar-refractivity contribution >= 4 is 33.3 Å². The fourth-order valence-electron chi connectivity index (χ4n) is 1.72. The first kappa shape index (κ1) is 14.5. The van der Waals surface area contributed by atoms with E-state index in [0.29, 0.717) is 11.4 Å². The molecule has 0 aliphatic carbocycles. The summed E-state index contributed by atoms with van der Waals surface area (Å²) in [6.45, 7) is 4.75. The Morgan fingerprint density at radius 3 is 2.80 bits per heavy atom. The maximum Gasteiger partial charge on any atom is 0.255 e. The molecule has 0 saturated heterocycles. The molecule has 0 bridgehead atoms. The highest BCUT2D eigenvalue weighted by Crippen LogP contribution is 2.21. The third-order valence-corrected chi connectivity index (χ3v) is 3.66. The van der Waals surface area contributed by atoms with Crippen LogP contribution in [-0.4, -0.2) is 17.4 Å². The topological polar surface area (TPSA) is 54.0 Å². The van der Waals surface area contributed by atoms with Crippen molar-refractivity contribution in [2.45, 2.75) is 13.8 Å². The Labute approximate surface area is 126 Å². The first-order valence-corrected chi connectivity index (χ1v) is 7.17. The molecular weight excluding hydrogens is 318 g/mol. The van der Waals surface area contributed by atoms with Crippen LogP contribution in [0.1, 0.15) is 22.8 Å². The van der Waals surface area contributed by atoms with Crippen molar-refractivity contribution in [2.75, 3.05) is 17.2 Å². The maximum atomic E-state index is 12.2. The van der Waals surface area contributed by atoms with E-state index >= 15 is 0 Å². The molecule has 5 heteroatoms. The van der Waals surface area contributed by atoms with Gasteiger partial charge < -0.3 is 10.6 Å². The van der Waals surface area contributed by atoms with Gasteiger partial charge in [-0.3, -0.25) is 4.79 Å². The molecule has 0 unspecified atom stereocenters. The van der Waals surface area contributed by atoms with Crippen LogP contribution in [0.4, 0.5) is 11.5 Å². The smallest absolute Gasteiger partial charge is 0.255 e. The Bertz CT molecular complexity index is 628. The van der Waals surface area contributed by atoms with Crippen molar-refractivity contribution in [3.05, 3.63) is 52.1 Å². The van der Waals surface area contributed by atoms with Gasteiger partial charge in [0.25, 0.3) is 5.91 Å². The average molecular weight is 334 g/mol. The second-order valence-electron chi connectivity index (χ2n) is 4.38. The summed E-state index contributed by atoms with van der Waals surface area (Å²) in [7, 11) is 0. The zero-order valence-electron chi connectivity index (χ0n) is 11.4. The van der Waals surface area contributed by atoms with Crippen LogP contribution >= 0.6 is 15.9 Å². The summed E-state index contributed by atoms with van der Waals surface area (Å²) in [6.07, 6.45) is 1.62. The standard InChI is InChI=1S/C15H16BrN3O/c1-3-17-14-8-11(6-7-18-14)15(20)19-12-5-4-10(2)13(16)9-12/h4-9H,3H2,1-2H3,(H,17,18)(H,19,20). The number of pyridine rings is 1. The molecule has 4 nitrogen and oxygen atoms in total. The lowest BCUT2D eigenvalue weighted by Crippen LogP contribution is -2.12. The Hall–Kier alpha value is -1.88. The van der Waals surface area contributed by atoms with Gasteiger partial charge in [0.1, 0.15) is 5.82 Å². The molecule has 2 aromatic rings. The largest absolute Gasteiger partial charge is 0.370 e. The van der Waals surface area contributed by atoms with E-state index in [2.05, 4.69) is 31.5 Å². The van der Waals surface area contributed by atoms with E-state index in [-0.39, 0.29) is 5.91 Å². The van der Waals surface area contributed by atoms with Gasteiger partial charge in [0, 0.05) is 28.5 Å². The zero-order chi connectivity index (χ0) is 14.5. The number of aryl methyl sites for hydroxylation is 1. The van der Waals surface area contributed by atoms with Gasteiger partial charge in [-0.15, -0.1) is 0 Å². The third-order valence-electron chi connectivity index (χ3n) is 2.81. The normalized spacial score (nSPS) is 10.2. The first-order chi connectivity index (χ1) is 9.60. The quantitative estimate of drug-likeness (QED) is 0.893. The SMILES string of the molecule is CCNc1cc(C(=O)Nc2ccc(C)c(Br)c2)ccn1. The molecule has 1 heterocycles. The molecule has 20 heavy (non-hydrogen) atoms. The average Bonchev–Trinajstić information content (AvgIpc) is 2.43. The van der Waals surface area contributed by atoms with Crippen LogP contribution < -0.4 is 10.6 Å². The Morgan fingerprint density at radius 2 is 2.10 bits per heavy atom. The van der Waals surface area contributed by atoms with E-state index in [0.717, 1.165) is 22.3 Å². The lowest BCUT2D eigenvalue weighted by Gasteiger charge is -2.08. The van der Waals surface area contributed by atoms with E-state index in [9.17, 15) is 4.79 Å². The highest BCUT2D eigenvalue weighted by molar-refractivity contribution is 9.10. The van der Waals surface area contributed by atoms with E-state index in [4.69, 9.17) is 0 Å². The first-order valence-electron chi connectivity index (χ1n) is 6.37. The highest BCUT2D eigenvalue weighted by atomic mass is 79.9. The van der Waals surface area contributed by atoms with Gasteiger partial charge in [-0.05, 0) is 43.7 Å². The van der Waals surface area contributed by atoms with Crippen LogP contribution in [0.5, 0.6) is 0 Å². The van der Waals surface area contributed by atoms with Crippen molar-refractivity contribution in [3.63, 3.8) is 0 Å². The second-order valence-corrected chi connectivity index (χ2v) is 5.23. The van der Waals surface area contributed by atoms with Crippen LogP contribution in [0.3, 0.4) is 0 Å². The van der Waals surface area contributed by atoms with Crippen molar-refractivity contribution in [2.24, 2.45) is 0 Å². The molecule has 0 atom stereocenters. The minimum Gasteiger partial charge on any atom is -0.370 e. The number of benzene rings is 1. The summed E-state index contributed by atoms with van der Waals surface area (Å²) in [4.78, 5) is 16.3. The molecule has 0 aliphatic rings. The third kappa shape index (κ3) is 3.57. The molecule has 1 aromatic heterocycles. The molecule has 0 aliphatic heterocycles. The molecule has 2 N–H and O–H groups in total. The number of halogens is 1. The molecule has 1 aromatic carbocycles. The van der Waals surface area contributed by atoms with Crippen LogP contribution in [0.25, 0.3) is 0 Å². The molecule has 2 rings (SSSR count). The van der Waals surface area contributed by atoms with Crippen LogP contribution in [0.15, 0.2) is 41.0 Å². The fraction of sp³-hybridized carbons (Fsp3) is 0.200. The van der Waals surface area contributed by atoms with Crippen molar-refractivity contribution < 1.29 is 4.79 Å². The van der Waals surface area contributed by atoms with E-state index < -0.39 is 0 Å². The van der Waals surface area contributed by atoms with Gasteiger partial charge in [0.05, 0.1) is 0 Å². The number of rotatable bonds is 4. The van der Waals surface area contributed by atoms with Crippen LogP contribution in [0.2, 0.25) is 0 Å². The Balaban J connectivity index is 2.15. The van der Waals surface area contributed by atoms with E-state index in [1.807, 2.05) is 32.0 Å². The molecular formula is C15H16BrN3O. The number of hydrogen-bond acceptors (Lipinski definition) is 3. The van der Waals surface area contributed by atoms with E-state index in [1.54, 1.807) is 18.3 Å². The summed E-state index contributed by atoms with van der Waals surface area (Å²) in [5.41, 5.74) is 2.46. The molecule has 0 spiro atoms. The number of carbonyl (C=O) groups is 1. The van der Waals surface area contributed by atoms with Gasteiger partial charge in [-0.1, -0.05) is 22.0 Å². The van der Waals surface area contributed by atoms with Gasteiger partial charge in [0.15, 0.2) is 0 Å². The van der Waals surface area contributed by atoms with Gasteiger partial charge >= 0.3 is 0 Å². The van der Waals surface area contributed by atoms with Gasteiger partial charge in [0.2, 0.25) is 0 Å². The summed E-state index contributed by atoms with van der Waals surface area (Å²) in [5, 5.41) is 5.96. The second kappa shape index (κ2) is 6.52. The maximum absolute atomic E-state index is 12.2. The lowest BCUT2D eigenvalue weighted by atomic mass is 10.2. The molecule has 0 saturated carbocycles. The molecule has 1 amide bonds. The van der Waals surface area contributed by atoms with E-state index in [1.165, 1.54) is 0 Å². The number of nitrogens with one attached hydrogen (secondary N) is 2. The number of carbonyl (C=O) groups excluding carboxylic acids is 1. The van der Waals surface area contributed by atoms with Crippen molar-refractivity contribution in [3.8, 4) is 0 Å². The zero-order valence-corrected chi connectivity index (χ0v) is 13.0. The minimum atomic E-state index is -0.151. The predicted molar refractivity (Wildman–Crippen MR) is 85.2 cm³/mol. The monoisotopic (exact) mass is 333 g/mol. The van der Waals surface area contributed by atoms with Crippen LogP contribution in [-0.2, 0) is 0 Å². The summed E-state index contributed by atoms with van der Waals surface area (Å²) < 4.78 is 0.971. The number of amides is 1. The number of aromatic nitrogens is 1. The Morgan fingerprint density at radius 1 is 1.30 bits per heavy atom. The summed E-state index contributed by atoms with van der Waals surface area (Å²) in [6, 6.07) is 9.15. The van der Waals surface area contributed by atoms with Crippen LogP contribution in [0, 0.1) is 6.92 Å². The fourth-order valence-corrected chi connectivity index (χ4v) is 2.10. The number of anilines is 2. The summed E-state index contributed by atoms with van der Waals surface area (Å²) >= 11 is 3.45. The Kier molecular flexibility index (Phi) is 4.74. The van der Waals surface area contributed by atoms with Gasteiger partial charge in [-0.25, -0.2) is 4.98 Å². The summed E-state index contributed by atoms with van der Waals surface area (Å²) in [5.74, 6) is 0.549. The number of nitrogens with zero attached hydrogens (tertiary/aromatic N) is 1.